The van der Waals surface area contributed by atoms with E-state index in [1.165, 1.54) is 0 Å². The van der Waals surface area contributed by atoms with Gasteiger partial charge in [0, 0.05) is 12.1 Å². The second kappa shape index (κ2) is 5.99. The first-order chi connectivity index (χ1) is 7.37. The van der Waals surface area contributed by atoms with Gasteiger partial charge in [0.1, 0.15) is 0 Å². The molecular formula is C13H27NO2. The van der Waals surface area contributed by atoms with Crippen molar-refractivity contribution in [3.63, 3.8) is 0 Å². The van der Waals surface area contributed by atoms with Crippen LogP contribution in [0.4, 0.5) is 0 Å². The fourth-order valence-electron chi connectivity index (χ4n) is 1.87. The maximum absolute atomic E-state index is 5.72. The molecule has 1 N–H and O–H groups in total. The molecule has 1 aliphatic carbocycles. The van der Waals surface area contributed by atoms with Crippen molar-refractivity contribution in [2.24, 2.45) is 0 Å². The monoisotopic (exact) mass is 229 g/mol. The van der Waals surface area contributed by atoms with Gasteiger partial charge >= 0.3 is 0 Å². The van der Waals surface area contributed by atoms with Crippen LogP contribution >= 0.6 is 0 Å². The highest BCUT2D eigenvalue weighted by atomic mass is 16.5. The van der Waals surface area contributed by atoms with Crippen molar-refractivity contribution in [2.45, 2.75) is 71.2 Å². The van der Waals surface area contributed by atoms with Crippen LogP contribution in [0.2, 0.25) is 0 Å². The van der Waals surface area contributed by atoms with Crippen molar-refractivity contribution in [1.82, 2.24) is 5.32 Å². The number of hydrogen-bond donors (Lipinski definition) is 1. The van der Waals surface area contributed by atoms with Crippen LogP contribution in [0.15, 0.2) is 0 Å². The lowest BCUT2D eigenvalue weighted by molar-refractivity contribution is -0.0743. The normalized spacial score (nSPS) is 25.9. The molecule has 0 saturated heterocycles. The molecular weight excluding hydrogens is 202 g/mol. The molecule has 0 bridgehead atoms. The molecule has 3 heteroatoms. The summed E-state index contributed by atoms with van der Waals surface area (Å²) in [6, 6.07) is 1.24. The first kappa shape index (κ1) is 13.9. The second-order valence-electron chi connectivity index (χ2n) is 5.94. The lowest BCUT2D eigenvalue weighted by atomic mass is 9.89. The number of rotatable bonds is 6. The van der Waals surface area contributed by atoms with Gasteiger partial charge in [-0.15, -0.1) is 0 Å². The molecule has 0 aliphatic heterocycles. The standard InChI is InChI=1S/C13H27NO2/c1-10(2)14-11-8-12(9-11)15-6-7-16-13(3,4)5/h10-12,14H,6-9H2,1-5H3. The number of ether oxygens (including phenoxy) is 2. The van der Waals surface area contributed by atoms with Gasteiger partial charge in [0.15, 0.2) is 0 Å². The fraction of sp³-hybridized carbons (Fsp3) is 1.00. The van der Waals surface area contributed by atoms with Crippen LogP contribution < -0.4 is 5.32 Å². The van der Waals surface area contributed by atoms with E-state index < -0.39 is 0 Å². The Morgan fingerprint density at radius 1 is 1.19 bits per heavy atom. The van der Waals surface area contributed by atoms with Gasteiger partial charge in [-0.3, -0.25) is 0 Å². The predicted molar refractivity (Wildman–Crippen MR) is 66.7 cm³/mol. The molecule has 0 heterocycles. The van der Waals surface area contributed by atoms with Crippen molar-refractivity contribution >= 4 is 0 Å². The zero-order valence-corrected chi connectivity index (χ0v) is 11.4. The number of hydrogen-bond acceptors (Lipinski definition) is 3. The minimum absolute atomic E-state index is 0.0509. The first-order valence-electron chi connectivity index (χ1n) is 6.38. The van der Waals surface area contributed by atoms with Gasteiger partial charge in [-0.1, -0.05) is 13.8 Å². The molecule has 1 rings (SSSR count). The van der Waals surface area contributed by atoms with Crippen molar-refractivity contribution < 1.29 is 9.47 Å². The van der Waals surface area contributed by atoms with Gasteiger partial charge in [0.2, 0.25) is 0 Å². The third-order valence-electron chi connectivity index (χ3n) is 2.64. The Bertz CT molecular complexity index is 193. The summed E-state index contributed by atoms with van der Waals surface area (Å²) in [7, 11) is 0. The van der Waals surface area contributed by atoms with E-state index in [0.717, 1.165) is 19.4 Å². The fourth-order valence-corrected chi connectivity index (χ4v) is 1.87. The van der Waals surface area contributed by atoms with E-state index in [1.807, 2.05) is 0 Å². The van der Waals surface area contributed by atoms with E-state index in [4.69, 9.17) is 9.47 Å². The summed E-state index contributed by atoms with van der Waals surface area (Å²) in [5, 5.41) is 3.51. The lowest BCUT2D eigenvalue weighted by Gasteiger charge is -2.37. The van der Waals surface area contributed by atoms with Gasteiger partial charge in [-0.25, -0.2) is 0 Å². The van der Waals surface area contributed by atoms with Crippen LogP contribution in [0, 0.1) is 0 Å². The summed E-state index contributed by atoms with van der Waals surface area (Å²) >= 11 is 0. The first-order valence-corrected chi connectivity index (χ1v) is 6.38. The molecule has 0 amide bonds. The van der Waals surface area contributed by atoms with Crippen LogP contribution in [0.5, 0.6) is 0 Å². The topological polar surface area (TPSA) is 30.5 Å². The van der Waals surface area contributed by atoms with E-state index in [-0.39, 0.29) is 5.60 Å². The van der Waals surface area contributed by atoms with Crippen molar-refractivity contribution in [1.29, 1.82) is 0 Å². The van der Waals surface area contributed by atoms with E-state index >= 15 is 0 Å². The van der Waals surface area contributed by atoms with Crippen molar-refractivity contribution in [3.05, 3.63) is 0 Å². The van der Waals surface area contributed by atoms with Gasteiger partial charge in [0.25, 0.3) is 0 Å². The summed E-state index contributed by atoms with van der Waals surface area (Å²) < 4.78 is 11.3. The maximum atomic E-state index is 5.72. The minimum atomic E-state index is -0.0509. The van der Waals surface area contributed by atoms with Crippen molar-refractivity contribution in [3.8, 4) is 0 Å². The molecule has 0 aromatic rings. The van der Waals surface area contributed by atoms with Crippen LogP contribution in [-0.2, 0) is 9.47 Å². The molecule has 0 spiro atoms. The van der Waals surface area contributed by atoms with Gasteiger partial charge in [-0.2, -0.15) is 0 Å². The Balaban J connectivity index is 1.94. The summed E-state index contributed by atoms with van der Waals surface area (Å²) in [6.07, 6.45) is 2.74. The second-order valence-corrected chi connectivity index (χ2v) is 5.94. The van der Waals surface area contributed by atoms with Gasteiger partial charge < -0.3 is 14.8 Å². The molecule has 96 valence electrons. The summed E-state index contributed by atoms with van der Waals surface area (Å²) in [4.78, 5) is 0. The number of nitrogens with one attached hydrogen (secondary N) is 1. The van der Waals surface area contributed by atoms with E-state index in [9.17, 15) is 0 Å². The molecule has 3 nitrogen and oxygen atoms in total. The third-order valence-corrected chi connectivity index (χ3v) is 2.64. The SMILES string of the molecule is CC(C)NC1CC(OCCOC(C)(C)C)C1. The zero-order valence-electron chi connectivity index (χ0n) is 11.4. The largest absolute Gasteiger partial charge is 0.376 e. The highest BCUT2D eigenvalue weighted by Gasteiger charge is 2.29. The van der Waals surface area contributed by atoms with Crippen molar-refractivity contribution in [2.75, 3.05) is 13.2 Å². The molecule has 16 heavy (non-hydrogen) atoms. The Morgan fingerprint density at radius 3 is 2.31 bits per heavy atom. The highest BCUT2D eigenvalue weighted by Crippen LogP contribution is 2.23. The van der Waals surface area contributed by atoms with Crippen LogP contribution in [0.1, 0.15) is 47.5 Å². The smallest absolute Gasteiger partial charge is 0.0707 e. The molecule has 0 aromatic carbocycles. The summed E-state index contributed by atoms with van der Waals surface area (Å²) in [6.45, 7) is 12.0. The maximum Gasteiger partial charge on any atom is 0.0707 e. The van der Waals surface area contributed by atoms with E-state index in [0.29, 0.717) is 24.8 Å². The summed E-state index contributed by atoms with van der Waals surface area (Å²) in [5.41, 5.74) is -0.0509. The Hall–Kier alpha value is -0.120. The Labute approximate surface area is 99.9 Å². The Morgan fingerprint density at radius 2 is 1.81 bits per heavy atom. The third kappa shape index (κ3) is 5.83. The molecule has 1 saturated carbocycles. The quantitative estimate of drug-likeness (QED) is 0.709. The molecule has 1 fully saturated rings. The highest BCUT2D eigenvalue weighted by molar-refractivity contribution is 4.86. The minimum Gasteiger partial charge on any atom is -0.376 e. The molecule has 0 radical (unpaired) electrons. The average molecular weight is 229 g/mol. The zero-order chi connectivity index (χ0) is 12.2. The summed E-state index contributed by atoms with van der Waals surface area (Å²) in [5.74, 6) is 0. The lowest BCUT2D eigenvalue weighted by Crippen LogP contribution is -2.48. The van der Waals surface area contributed by atoms with Crippen LogP contribution in [-0.4, -0.2) is 37.0 Å². The molecule has 0 aromatic heterocycles. The predicted octanol–water partition coefficient (Wildman–Crippen LogP) is 2.35. The van der Waals surface area contributed by atoms with Crippen LogP contribution in [0.3, 0.4) is 0 Å². The average Bonchev–Trinajstić information content (AvgIpc) is 2.04. The van der Waals surface area contributed by atoms with E-state index in [2.05, 4.69) is 39.9 Å². The van der Waals surface area contributed by atoms with E-state index in [1.54, 1.807) is 0 Å². The van der Waals surface area contributed by atoms with Gasteiger partial charge in [-0.05, 0) is 33.6 Å². The molecule has 0 unspecified atom stereocenters. The van der Waals surface area contributed by atoms with Gasteiger partial charge in [0.05, 0.1) is 24.9 Å². The molecule has 0 atom stereocenters. The van der Waals surface area contributed by atoms with Crippen LogP contribution in [0.25, 0.3) is 0 Å². The molecule has 1 aliphatic rings. The Kier molecular flexibility index (Phi) is 5.22.